The highest BCUT2D eigenvalue weighted by Crippen LogP contribution is 2.51. The molecule has 0 unspecified atom stereocenters. The van der Waals surface area contributed by atoms with Gasteiger partial charge >= 0.3 is 0 Å². The molecular formula is C55H39N3O3. The third kappa shape index (κ3) is 5.31. The van der Waals surface area contributed by atoms with Gasteiger partial charge in [-0.05, 0) is 101 Å². The quantitative estimate of drug-likeness (QED) is 0.173. The molecule has 0 amide bonds. The summed E-state index contributed by atoms with van der Waals surface area (Å²) in [5.41, 5.74) is 14.9. The lowest BCUT2D eigenvalue weighted by Gasteiger charge is -2.22. The molecule has 0 bridgehead atoms. The van der Waals surface area contributed by atoms with Crippen LogP contribution in [0.2, 0.25) is 0 Å². The molecule has 0 spiro atoms. The fourth-order valence-electron chi connectivity index (χ4n) is 9.75. The van der Waals surface area contributed by atoms with Crippen LogP contribution in [-0.4, -0.2) is 15.0 Å². The summed E-state index contributed by atoms with van der Waals surface area (Å²) < 4.78 is 19.2. The van der Waals surface area contributed by atoms with Crippen molar-refractivity contribution in [1.29, 1.82) is 0 Å². The monoisotopic (exact) mass is 789 g/mol. The molecule has 4 heterocycles. The first-order valence-corrected chi connectivity index (χ1v) is 20.9. The number of allylic oxidation sites excluding steroid dienone is 4. The van der Waals surface area contributed by atoms with Crippen LogP contribution in [0.25, 0.3) is 117 Å². The Labute approximate surface area is 351 Å². The average molecular weight is 790 g/mol. The number of hydrogen-bond donors (Lipinski definition) is 0. The van der Waals surface area contributed by atoms with E-state index in [2.05, 4.69) is 113 Å². The Bertz CT molecular complexity index is 3690. The number of benzene rings is 7. The van der Waals surface area contributed by atoms with Crippen LogP contribution in [-0.2, 0) is 5.41 Å². The fourth-order valence-corrected chi connectivity index (χ4v) is 9.75. The minimum Gasteiger partial charge on any atom is -0.456 e. The van der Waals surface area contributed by atoms with E-state index in [-0.39, 0.29) is 5.41 Å². The van der Waals surface area contributed by atoms with Crippen molar-refractivity contribution in [2.75, 3.05) is 0 Å². The van der Waals surface area contributed by atoms with Gasteiger partial charge in [-0.3, -0.25) is 0 Å². The molecule has 7 aromatic carbocycles. The molecule has 1 aliphatic rings. The SMILES string of the molecule is C/C=C1\C(=C/CC)C(C)(C)c2cc(-c3ccc4oc5cccc(-c6nc(-c7ccc8c(c7)oc7ccccc78)nc(-c7cccc8oc9ccccc9c78)n6)c5c4c3)ccc21. The van der Waals surface area contributed by atoms with Gasteiger partial charge < -0.3 is 13.3 Å². The van der Waals surface area contributed by atoms with E-state index in [4.69, 9.17) is 28.2 Å². The first-order chi connectivity index (χ1) is 29.9. The lowest BCUT2D eigenvalue weighted by molar-refractivity contribution is 0.658. The van der Waals surface area contributed by atoms with E-state index in [1.807, 2.05) is 66.7 Å². The molecular weight excluding hydrogens is 751 g/mol. The van der Waals surface area contributed by atoms with E-state index in [0.717, 1.165) is 94.5 Å². The molecule has 12 rings (SSSR count). The topological polar surface area (TPSA) is 78.1 Å². The zero-order chi connectivity index (χ0) is 41.0. The van der Waals surface area contributed by atoms with Crippen molar-refractivity contribution in [1.82, 2.24) is 15.0 Å². The molecule has 0 atom stereocenters. The number of nitrogens with zero attached hydrogens (tertiary/aromatic N) is 3. The van der Waals surface area contributed by atoms with Crippen molar-refractivity contribution in [3.8, 4) is 45.3 Å². The summed E-state index contributed by atoms with van der Waals surface area (Å²) in [6, 6.07) is 48.0. The number of aromatic nitrogens is 3. The van der Waals surface area contributed by atoms with Gasteiger partial charge in [0.1, 0.15) is 33.5 Å². The van der Waals surface area contributed by atoms with Gasteiger partial charge in [-0.15, -0.1) is 0 Å². The molecule has 0 radical (unpaired) electrons. The van der Waals surface area contributed by atoms with E-state index in [9.17, 15) is 0 Å². The maximum absolute atomic E-state index is 6.57. The first-order valence-electron chi connectivity index (χ1n) is 20.9. The smallest absolute Gasteiger partial charge is 0.164 e. The Kier molecular flexibility index (Phi) is 7.67. The molecule has 0 aliphatic heterocycles. The molecule has 0 saturated heterocycles. The second-order valence-corrected chi connectivity index (χ2v) is 16.5. The van der Waals surface area contributed by atoms with Gasteiger partial charge in [0.2, 0.25) is 0 Å². The standard InChI is InChI=1S/C55H39N3O3/c1-5-13-42-34(6-2)35-25-22-32(29-43(35)55(42,3)4)31-24-27-46-41(28-31)51-40(17-12-21-48(51)60-46)54-57-52(33-23-26-37-36-14-7-9-18-44(36)61-49(37)30-33)56-53(58-54)39-16-11-20-47-50(39)38-15-8-10-19-45(38)59-47/h6-30H,5H2,1-4H3/b34-6-,42-13+. The largest absolute Gasteiger partial charge is 0.456 e. The van der Waals surface area contributed by atoms with E-state index in [1.54, 1.807) is 0 Å². The molecule has 11 aromatic rings. The van der Waals surface area contributed by atoms with Crippen LogP contribution in [0.5, 0.6) is 0 Å². The minimum absolute atomic E-state index is 0.0983. The van der Waals surface area contributed by atoms with Gasteiger partial charge in [-0.1, -0.05) is 118 Å². The van der Waals surface area contributed by atoms with Crippen LogP contribution in [0.4, 0.5) is 0 Å². The third-order valence-corrected chi connectivity index (χ3v) is 12.6. The number of hydrogen-bond acceptors (Lipinski definition) is 6. The Morgan fingerprint density at radius 2 is 1.03 bits per heavy atom. The van der Waals surface area contributed by atoms with Crippen LogP contribution in [0.15, 0.2) is 171 Å². The van der Waals surface area contributed by atoms with E-state index < -0.39 is 0 Å². The first kappa shape index (κ1) is 35.4. The highest BCUT2D eigenvalue weighted by Gasteiger charge is 2.37. The zero-order valence-electron chi connectivity index (χ0n) is 34.2. The van der Waals surface area contributed by atoms with E-state index >= 15 is 0 Å². The van der Waals surface area contributed by atoms with Crippen molar-refractivity contribution < 1.29 is 13.3 Å². The van der Waals surface area contributed by atoms with Gasteiger partial charge in [0.05, 0.1) is 0 Å². The number of fused-ring (bicyclic) bond motifs is 10. The third-order valence-electron chi connectivity index (χ3n) is 12.6. The van der Waals surface area contributed by atoms with Crippen molar-refractivity contribution in [3.05, 3.63) is 168 Å². The van der Waals surface area contributed by atoms with E-state index in [1.165, 1.54) is 27.8 Å². The molecule has 6 heteroatoms. The Hall–Kier alpha value is -7.57. The second kappa shape index (κ2) is 13.2. The van der Waals surface area contributed by atoms with Crippen LogP contribution in [0.1, 0.15) is 45.2 Å². The van der Waals surface area contributed by atoms with Crippen molar-refractivity contribution in [3.63, 3.8) is 0 Å². The van der Waals surface area contributed by atoms with Gasteiger partial charge in [0, 0.05) is 54.4 Å². The zero-order valence-corrected chi connectivity index (χ0v) is 34.2. The maximum Gasteiger partial charge on any atom is 0.164 e. The highest BCUT2D eigenvalue weighted by molar-refractivity contribution is 6.14. The summed E-state index contributed by atoms with van der Waals surface area (Å²) in [5, 5.41) is 6.03. The van der Waals surface area contributed by atoms with Crippen LogP contribution in [0, 0.1) is 0 Å². The Morgan fingerprint density at radius 1 is 0.475 bits per heavy atom. The summed E-state index contributed by atoms with van der Waals surface area (Å²) >= 11 is 0. The fraction of sp³-hybridized carbons (Fsp3) is 0.109. The predicted molar refractivity (Wildman–Crippen MR) is 248 cm³/mol. The maximum atomic E-state index is 6.57. The highest BCUT2D eigenvalue weighted by atomic mass is 16.3. The molecule has 292 valence electrons. The molecule has 6 nitrogen and oxygen atoms in total. The van der Waals surface area contributed by atoms with E-state index in [0.29, 0.717) is 17.5 Å². The lowest BCUT2D eigenvalue weighted by atomic mass is 9.81. The van der Waals surface area contributed by atoms with Crippen LogP contribution >= 0.6 is 0 Å². The minimum atomic E-state index is -0.0983. The van der Waals surface area contributed by atoms with Gasteiger partial charge in [-0.25, -0.2) is 15.0 Å². The summed E-state index contributed by atoms with van der Waals surface area (Å²) in [4.78, 5) is 15.8. The summed E-state index contributed by atoms with van der Waals surface area (Å²) in [6.07, 6.45) is 5.64. The summed E-state index contributed by atoms with van der Waals surface area (Å²) in [7, 11) is 0. The summed E-state index contributed by atoms with van der Waals surface area (Å²) in [5.74, 6) is 1.63. The molecule has 0 fully saturated rings. The van der Waals surface area contributed by atoms with Gasteiger partial charge in [0.25, 0.3) is 0 Å². The molecule has 1 aliphatic carbocycles. The number of rotatable bonds is 5. The van der Waals surface area contributed by atoms with Crippen LogP contribution < -0.4 is 0 Å². The van der Waals surface area contributed by atoms with Crippen molar-refractivity contribution in [2.24, 2.45) is 0 Å². The van der Waals surface area contributed by atoms with Gasteiger partial charge in [-0.2, -0.15) is 0 Å². The Balaban J connectivity index is 1.07. The molecule has 61 heavy (non-hydrogen) atoms. The molecule has 4 aromatic heterocycles. The van der Waals surface area contributed by atoms with Crippen LogP contribution in [0.3, 0.4) is 0 Å². The second-order valence-electron chi connectivity index (χ2n) is 16.5. The number of furan rings is 3. The van der Waals surface area contributed by atoms with Crippen molar-refractivity contribution in [2.45, 2.75) is 39.5 Å². The summed E-state index contributed by atoms with van der Waals surface area (Å²) in [6.45, 7) is 9.04. The molecule has 0 N–H and O–H groups in total. The average Bonchev–Trinajstić information content (AvgIpc) is 4.03. The number of para-hydroxylation sites is 2. The normalized spacial score (nSPS) is 15.1. The molecule has 0 saturated carbocycles. The van der Waals surface area contributed by atoms with Gasteiger partial charge in [0.15, 0.2) is 17.5 Å². The predicted octanol–water partition coefficient (Wildman–Crippen LogP) is 15.3. The Morgan fingerprint density at radius 3 is 1.75 bits per heavy atom. The van der Waals surface area contributed by atoms with Crippen molar-refractivity contribution >= 4 is 71.4 Å². The lowest BCUT2D eigenvalue weighted by Crippen LogP contribution is -2.15.